The van der Waals surface area contributed by atoms with Gasteiger partial charge in [-0.3, -0.25) is 0 Å². The Hall–Kier alpha value is -2.51. The van der Waals surface area contributed by atoms with E-state index in [1.807, 2.05) is 24.3 Å². The number of nitrogens with zero attached hydrogens (tertiary/aromatic N) is 5. The van der Waals surface area contributed by atoms with Crippen molar-refractivity contribution in [3.8, 4) is 5.82 Å². The van der Waals surface area contributed by atoms with E-state index < -0.39 is 5.60 Å². The van der Waals surface area contributed by atoms with Crippen molar-refractivity contribution in [2.45, 2.75) is 19.4 Å². The summed E-state index contributed by atoms with van der Waals surface area (Å²) in [4.78, 5) is 11.4. The van der Waals surface area contributed by atoms with E-state index in [-0.39, 0.29) is 0 Å². The Morgan fingerprint density at radius 2 is 1.96 bits per heavy atom. The maximum atomic E-state index is 10.7. The van der Waals surface area contributed by atoms with Crippen LogP contribution in [0.25, 0.3) is 16.9 Å². The van der Waals surface area contributed by atoms with E-state index in [9.17, 15) is 5.11 Å². The molecule has 1 aliphatic rings. The normalized spacial score (nSPS) is 15.7. The molecule has 0 atom stereocenters. The Labute approximate surface area is 145 Å². The van der Waals surface area contributed by atoms with Crippen LogP contribution in [0.15, 0.2) is 36.7 Å². The van der Waals surface area contributed by atoms with Crippen LogP contribution in [-0.4, -0.2) is 51.2 Å². The minimum atomic E-state index is -1.000. The van der Waals surface area contributed by atoms with Crippen LogP contribution >= 0.6 is 0 Å². The average molecular weight is 339 g/mol. The van der Waals surface area contributed by atoms with Gasteiger partial charge in [-0.05, 0) is 37.6 Å². The smallest absolute Gasteiger partial charge is 0.167 e. The molecule has 0 saturated carbocycles. The second-order valence-corrected chi connectivity index (χ2v) is 6.67. The number of aromatic nitrogens is 4. The molecular weight excluding hydrogens is 318 g/mol. The van der Waals surface area contributed by atoms with Crippen LogP contribution < -0.4 is 4.90 Å². The predicted octanol–water partition coefficient (Wildman–Crippen LogP) is 1.88. The molecule has 0 aromatic carbocycles. The molecule has 4 rings (SSSR count). The highest BCUT2D eigenvalue weighted by Gasteiger charge is 2.25. The molecule has 0 radical (unpaired) electrons. The van der Waals surface area contributed by atoms with E-state index in [1.165, 1.54) is 0 Å². The maximum Gasteiger partial charge on any atom is 0.167 e. The molecule has 0 unspecified atom stereocenters. The van der Waals surface area contributed by atoms with Crippen LogP contribution in [0.4, 0.5) is 5.82 Å². The summed E-state index contributed by atoms with van der Waals surface area (Å²) < 4.78 is 7.15. The van der Waals surface area contributed by atoms with E-state index in [4.69, 9.17) is 9.72 Å². The zero-order chi connectivity index (χ0) is 17.4. The molecule has 7 nitrogen and oxygen atoms in total. The van der Waals surface area contributed by atoms with Gasteiger partial charge in [-0.1, -0.05) is 6.07 Å². The van der Waals surface area contributed by atoms with Crippen molar-refractivity contribution in [3.63, 3.8) is 0 Å². The number of rotatable bonds is 3. The molecule has 0 aliphatic carbocycles. The Kier molecular flexibility index (Phi) is 3.89. The summed E-state index contributed by atoms with van der Waals surface area (Å²) in [6, 6.07) is 7.62. The lowest BCUT2D eigenvalue weighted by Gasteiger charge is -2.29. The molecule has 4 heterocycles. The molecular formula is C18H21N5O2. The van der Waals surface area contributed by atoms with Crippen molar-refractivity contribution in [2.24, 2.45) is 0 Å². The average Bonchev–Trinajstić information content (AvgIpc) is 3.05. The van der Waals surface area contributed by atoms with E-state index >= 15 is 0 Å². The van der Waals surface area contributed by atoms with E-state index in [0.717, 1.165) is 29.9 Å². The van der Waals surface area contributed by atoms with Crippen LogP contribution in [-0.2, 0) is 10.3 Å². The molecule has 1 fully saturated rings. The van der Waals surface area contributed by atoms with Crippen molar-refractivity contribution in [2.75, 3.05) is 31.2 Å². The number of pyridine rings is 2. The third-order valence-electron chi connectivity index (χ3n) is 4.39. The number of hydrogen-bond donors (Lipinski definition) is 1. The van der Waals surface area contributed by atoms with Gasteiger partial charge in [0.25, 0.3) is 0 Å². The number of hydrogen-bond acceptors (Lipinski definition) is 6. The lowest BCUT2D eigenvalue weighted by atomic mass is 9.96. The van der Waals surface area contributed by atoms with E-state index in [2.05, 4.69) is 15.0 Å². The molecule has 7 heteroatoms. The molecule has 0 bridgehead atoms. The third-order valence-corrected chi connectivity index (χ3v) is 4.39. The van der Waals surface area contributed by atoms with Gasteiger partial charge >= 0.3 is 0 Å². The SMILES string of the molecule is CC(C)(O)c1cc(N2CCOCC2)nc2c1cnn2-c1ccccn1. The van der Waals surface area contributed by atoms with Gasteiger partial charge in [0.1, 0.15) is 5.82 Å². The second-order valence-electron chi connectivity index (χ2n) is 6.67. The molecule has 0 spiro atoms. The highest BCUT2D eigenvalue weighted by molar-refractivity contribution is 5.83. The molecule has 25 heavy (non-hydrogen) atoms. The lowest BCUT2D eigenvalue weighted by Crippen LogP contribution is -2.37. The first-order valence-corrected chi connectivity index (χ1v) is 8.40. The number of morpholine rings is 1. The van der Waals surface area contributed by atoms with Gasteiger partial charge in [-0.25, -0.2) is 9.97 Å². The minimum Gasteiger partial charge on any atom is -0.386 e. The largest absolute Gasteiger partial charge is 0.386 e. The Bertz CT molecular complexity index is 880. The summed E-state index contributed by atoms with van der Waals surface area (Å²) in [5, 5.41) is 16.0. The van der Waals surface area contributed by atoms with Crippen LogP contribution in [0, 0.1) is 0 Å². The Balaban J connectivity index is 1.92. The Morgan fingerprint density at radius 3 is 2.64 bits per heavy atom. The molecule has 130 valence electrons. The maximum absolute atomic E-state index is 10.7. The third kappa shape index (κ3) is 2.96. The van der Waals surface area contributed by atoms with Crippen LogP contribution in [0.5, 0.6) is 0 Å². The van der Waals surface area contributed by atoms with Crippen LogP contribution in [0.1, 0.15) is 19.4 Å². The minimum absolute atomic E-state index is 0.678. The number of ether oxygens (including phenoxy) is 1. The topological polar surface area (TPSA) is 76.3 Å². The van der Waals surface area contributed by atoms with Crippen molar-refractivity contribution in [1.82, 2.24) is 19.7 Å². The number of anilines is 1. The second kappa shape index (κ2) is 6.09. The number of fused-ring (bicyclic) bond motifs is 1. The van der Waals surface area contributed by atoms with Gasteiger partial charge in [-0.15, -0.1) is 0 Å². The van der Waals surface area contributed by atoms with E-state index in [1.54, 1.807) is 30.9 Å². The first-order chi connectivity index (χ1) is 12.0. The summed E-state index contributed by atoms with van der Waals surface area (Å²) in [5.74, 6) is 1.52. The molecule has 1 aliphatic heterocycles. The predicted molar refractivity (Wildman–Crippen MR) is 94.9 cm³/mol. The monoisotopic (exact) mass is 339 g/mol. The summed E-state index contributed by atoms with van der Waals surface area (Å²) in [6.07, 6.45) is 3.47. The fraction of sp³-hybridized carbons (Fsp3) is 0.389. The lowest BCUT2D eigenvalue weighted by molar-refractivity contribution is 0.0801. The van der Waals surface area contributed by atoms with Gasteiger partial charge in [0, 0.05) is 24.7 Å². The highest BCUT2D eigenvalue weighted by atomic mass is 16.5. The quantitative estimate of drug-likeness (QED) is 0.785. The fourth-order valence-corrected chi connectivity index (χ4v) is 3.09. The van der Waals surface area contributed by atoms with Gasteiger partial charge in [0.15, 0.2) is 11.5 Å². The molecule has 3 aromatic heterocycles. The van der Waals surface area contributed by atoms with Gasteiger partial charge in [0.05, 0.1) is 25.0 Å². The number of aliphatic hydroxyl groups is 1. The molecule has 1 N–H and O–H groups in total. The summed E-state index contributed by atoms with van der Waals surface area (Å²) in [5.41, 5.74) is 0.501. The standard InChI is InChI=1S/C18H21N5O2/c1-18(2,24)14-11-16(22-7-9-25-10-8-22)21-17-13(14)12-20-23(17)15-5-3-4-6-19-15/h3-6,11-12,24H,7-10H2,1-2H3. The van der Waals surface area contributed by atoms with Crippen LogP contribution in [0.3, 0.4) is 0 Å². The summed E-state index contributed by atoms with van der Waals surface area (Å²) in [6.45, 7) is 6.48. The van der Waals surface area contributed by atoms with Crippen molar-refractivity contribution >= 4 is 16.9 Å². The highest BCUT2D eigenvalue weighted by Crippen LogP contribution is 2.32. The van der Waals surface area contributed by atoms with Crippen molar-refractivity contribution in [3.05, 3.63) is 42.2 Å². The fourth-order valence-electron chi connectivity index (χ4n) is 3.09. The van der Waals surface area contributed by atoms with Crippen LogP contribution in [0.2, 0.25) is 0 Å². The van der Waals surface area contributed by atoms with E-state index in [0.29, 0.717) is 24.7 Å². The first kappa shape index (κ1) is 16.0. The van der Waals surface area contributed by atoms with Gasteiger partial charge in [-0.2, -0.15) is 9.78 Å². The molecule has 0 amide bonds. The first-order valence-electron chi connectivity index (χ1n) is 8.40. The zero-order valence-electron chi connectivity index (χ0n) is 14.4. The summed E-state index contributed by atoms with van der Waals surface area (Å²) in [7, 11) is 0. The van der Waals surface area contributed by atoms with Gasteiger partial charge < -0.3 is 14.7 Å². The van der Waals surface area contributed by atoms with Gasteiger partial charge in [0.2, 0.25) is 0 Å². The van der Waals surface area contributed by atoms with Crippen molar-refractivity contribution < 1.29 is 9.84 Å². The molecule has 1 saturated heterocycles. The van der Waals surface area contributed by atoms with Crippen molar-refractivity contribution in [1.29, 1.82) is 0 Å². The summed E-state index contributed by atoms with van der Waals surface area (Å²) >= 11 is 0. The molecule has 3 aromatic rings. The Morgan fingerprint density at radius 1 is 1.16 bits per heavy atom. The zero-order valence-corrected chi connectivity index (χ0v) is 14.4.